The third kappa shape index (κ3) is 4.02. The lowest BCUT2D eigenvalue weighted by Crippen LogP contribution is -2.42. The summed E-state index contributed by atoms with van der Waals surface area (Å²) < 4.78 is 6.13. The van der Waals surface area contributed by atoms with Crippen molar-refractivity contribution in [1.82, 2.24) is 14.9 Å². The highest BCUT2D eigenvalue weighted by Crippen LogP contribution is 2.38. The van der Waals surface area contributed by atoms with Crippen molar-refractivity contribution in [2.75, 3.05) is 13.1 Å². The number of nitrogens with zero attached hydrogens (tertiary/aromatic N) is 3. The first kappa shape index (κ1) is 18.9. The maximum absolute atomic E-state index is 12.7. The molecule has 1 saturated carbocycles. The van der Waals surface area contributed by atoms with Gasteiger partial charge in [0.25, 0.3) is 0 Å². The molecule has 1 aliphatic carbocycles. The molecule has 1 saturated heterocycles. The van der Waals surface area contributed by atoms with Crippen LogP contribution < -0.4 is 4.74 Å². The number of aliphatic hydroxyl groups excluding tert-OH is 1. The second-order valence-corrected chi connectivity index (χ2v) is 8.05. The monoisotopic (exact) mass is 381 g/mol. The van der Waals surface area contributed by atoms with Gasteiger partial charge in [-0.1, -0.05) is 6.07 Å². The number of pyridine rings is 2. The topological polar surface area (TPSA) is 75.5 Å². The molecule has 4 rings (SSSR count). The Balaban J connectivity index is 1.38. The molecule has 0 aromatic carbocycles. The molecule has 148 valence electrons. The molecule has 2 fully saturated rings. The van der Waals surface area contributed by atoms with Crippen LogP contribution in [-0.4, -0.2) is 51.2 Å². The number of hydrogen-bond acceptors (Lipinski definition) is 5. The molecule has 3 heterocycles. The first-order chi connectivity index (χ1) is 13.5. The van der Waals surface area contributed by atoms with Crippen LogP contribution in [0.5, 0.6) is 5.75 Å². The van der Waals surface area contributed by atoms with E-state index in [-0.39, 0.29) is 12.0 Å². The van der Waals surface area contributed by atoms with Gasteiger partial charge in [-0.05, 0) is 62.8 Å². The van der Waals surface area contributed by atoms with E-state index in [4.69, 9.17) is 4.74 Å². The van der Waals surface area contributed by atoms with Gasteiger partial charge < -0.3 is 14.7 Å². The Hall–Kier alpha value is -2.47. The molecule has 1 N–H and O–H groups in total. The average Bonchev–Trinajstić information content (AvgIpc) is 3.08. The smallest absolute Gasteiger partial charge is 0.228 e. The molecule has 0 bridgehead atoms. The van der Waals surface area contributed by atoms with Gasteiger partial charge >= 0.3 is 0 Å². The summed E-state index contributed by atoms with van der Waals surface area (Å²) in [5.74, 6) is 1.53. The third-order valence-electron chi connectivity index (χ3n) is 5.95. The number of aryl methyl sites for hydroxylation is 2. The van der Waals surface area contributed by atoms with Gasteiger partial charge in [0.15, 0.2) is 0 Å². The Kier molecular flexibility index (Phi) is 5.31. The first-order valence-electron chi connectivity index (χ1n) is 9.96. The van der Waals surface area contributed by atoms with Crippen molar-refractivity contribution in [3.05, 3.63) is 53.6 Å². The number of hydrogen-bond donors (Lipinski definition) is 1. The number of likely N-dealkylation sites (tertiary alicyclic amines) is 1. The zero-order valence-corrected chi connectivity index (χ0v) is 16.4. The molecule has 2 aliphatic rings. The van der Waals surface area contributed by atoms with Gasteiger partial charge in [0, 0.05) is 30.7 Å². The van der Waals surface area contributed by atoms with Crippen LogP contribution in [-0.2, 0) is 11.2 Å². The van der Waals surface area contributed by atoms with Crippen molar-refractivity contribution in [2.45, 2.75) is 45.3 Å². The number of rotatable bonds is 4. The summed E-state index contributed by atoms with van der Waals surface area (Å²) in [5.41, 5.74) is 2.59. The minimum Gasteiger partial charge on any atom is -0.486 e. The minimum absolute atomic E-state index is 0.110. The van der Waals surface area contributed by atoms with E-state index in [1.165, 1.54) is 0 Å². The van der Waals surface area contributed by atoms with E-state index in [0.717, 1.165) is 35.8 Å². The lowest BCUT2D eigenvalue weighted by atomic mass is 9.78. The van der Waals surface area contributed by atoms with Crippen LogP contribution in [0.25, 0.3) is 0 Å². The van der Waals surface area contributed by atoms with Crippen molar-refractivity contribution in [2.24, 2.45) is 11.8 Å². The van der Waals surface area contributed by atoms with Crippen molar-refractivity contribution >= 4 is 5.91 Å². The van der Waals surface area contributed by atoms with E-state index in [9.17, 15) is 9.90 Å². The van der Waals surface area contributed by atoms with E-state index < -0.39 is 6.10 Å². The van der Waals surface area contributed by atoms with Gasteiger partial charge in [-0.25, -0.2) is 0 Å². The SMILES string of the molecule is Cc1ccc(O[C@@H]2C[C@@H]3CN(C(=O)Cc4ccccn4)C[C@@H]3C[C@H]2O)c(C)n1. The van der Waals surface area contributed by atoms with Gasteiger partial charge in [-0.15, -0.1) is 0 Å². The number of ether oxygens (including phenoxy) is 1. The van der Waals surface area contributed by atoms with E-state index in [1.54, 1.807) is 6.20 Å². The molecule has 2 aromatic rings. The second kappa shape index (κ2) is 7.87. The maximum Gasteiger partial charge on any atom is 0.228 e. The van der Waals surface area contributed by atoms with Crippen molar-refractivity contribution in [1.29, 1.82) is 0 Å². The number of carbonyl (C=O) groups is 1. The number of fused-ring (bicyclic) bond motifs is 1. The van der Waals surface area contributed by atoms with Crippen LogP contribution >= 0.6 is 0 Å². The fourth-order valence-electron chi connectivity index (χ4n) is 4.45. The lowest BCUT2D eigenvalue weighted by Gasteiger charge is -2.35. The Morgan fingerprint density at radius 3 is 2.68 bits per heavy atom. The lowest BCUT2D eigenvalue weighted by molar-refractivity contribution is -0.129. The summed E-state index contributed by atoms with van der Waals surface area (Å²) in [4.78, 5) is 23.3. The quantitative estimate of drug-likeness (QED) is 0.880. The number of aliphatic hydroxyl groups is 1. The number of amides is 1. The maximum atomic E-state index is 12.7. The van der Waals surface area contributed by atoms with Gasteiger partial charge in [0.1, 0.15) is 11.9 Å². The minimum atomic E-state index is -0.521. The van der Waals surface area contributed by atoms with Gasteiger partial charge in [-0.2, -0.15) is 0 Å². The molecule has 1 amide bonds. The molecule has 0 radical (unpaired) electrons. The number of aromatic nitrogens is 2. The zero-order chi connectivity index (χ0) is 19.7. The molecule has 4 atom stereocenters. The fourth-order valence-corrected chi connectivity index (χ4v) is 4.45. The zero-order valence-electron chi connectivity index (χ0n) is 16.4. The summed E-state index contributed by atoms with van der Waals surface area (Å²) in [6, 6.07) is 9.49. The summed E-state index contributed by atoms with van der Waals surface area (Å²) in [7, 11) is 0. The highest BCUT2D eigenvalue weighted by Gasteiger charge is 2.43. The molecule has 6 nitrogen and oxygen atoms in total. The van der Waals surface area contributed by atoms with Crippen molar-refractivity contribution in [3.63, 3.8) is 0 Å². The van der Waals surface area contributed by atoms with E-state index in [0.29, 0.717) is 31.2 Å². The van der Waals surface area contributed by atoms with Gasteiger partial charge in [-0.3, -0.25) is 14.8 Å². The largest absolute Gasteiger partial charge is 0.486 e. The molecular weight excluding hydrogens is 354 g/mol. The summed E-state index contributed by atoms with van der Waals surface area (Å²) in [6.45, 7) is 5.32. The van der Waals surface area contributed by atoms with E-state index >= 15 is 0 Å². The van der Waals surface area contributed by atoms with Gasteiger partial charge in [0.2, 0.25) is 5.91 Å². The molecular formula is C22H27N3O3. The normalized spacial score (nSPS) is 26.8. The van der Waals surface area contributed by atoms with Crippen LogP contribution in [0.1, 0.15) is 29.9 Å². The van der Waals surface area contributed by atoms with Crippen LogP contribution in [0.2, 0.25) is 0 Å². The predicted octanol–water partition coefficient (Wildman–Crippen LogP) is 2.31. The Labute approximate surface area is 165 Å². The van der Waals surface area contributed by atoms with Gasteiger partial charge in [0.05, 0.1) is 18.2 Å². The van der Waals surface area contributed by atoms with Crippen LogP contribution in [0.3, 0.4) is 0 Å². The Morgan fingerprint density at radius 1 is 1.18 bits per heavy atom. The van der Waals surface area contributed by atoms with E-state index in [1.807, 2.05) is 49.1 Å². The molecule has 6 heteroatoms. The Morgan fingerprint density at radius 2 is 1.96 bits per heavy atom. The van der Waals surface area contributed by atoms with Crippen molar-refractivity contribution < 1.29 is 14.6 Å². The molecule has 28 heavy (non-hydrogen) atoms. The standard InChI is InChI=1S/C22H27N3O3/c1-14-6-7-20(15(2)24-14)28-21-10-17-13-25(12-16(17)9-19(21)26)22(27)11-18-5-3-4-8-23-18/h3-8,16-17,19,21,26H,9-13H2,1-2H3/t16-,17+,19+,21+/m0/s1. The highest BCUT2D eigenvalue weighted by molar-refractivity contribution is 5.78. The third-order valence-corrected chi connectivity index (χ3v) is 5.95. The molecule has 0 spiro atoms. The van der Waals surface area contributed by atoms with E-state index in [2.05, 4.69) is 9.97 Å². The first-order valence-corrected chi connectivity index (χ1v) is 9.96. The van der Waals surface area contributed by atoms with Crippen molar-refractivity contribution in [3.8, 4) is 5.75 Å². The summed E-state index contributed by atoms with van der Waals surface area (Å²) in [6.07, 6.45) is 2.69. The second-order valence-electron chi connectivity index (χ2n) is 8.05. The average molecular weight is 381 g/mol. The molecule has 1 aliphatic heterocycles. The Bertz CT molecular complexity index is 842. The molecule has 2 aromatic heterocycles. The number of carbonyl (C=O) groups excluding carboxylic acids is 1. The molecule has 0 unspecified atom stereocenters. The summed E-state index contributed by atoms with van der Waals surface area (Å²) >= 11 is 0. The highest BCUT2D eigenvalue weighted by atomic mass is 16.5. The van der Waals surface area contributed by atoms with Crippen LogP contribution in [0.4, 0.5) is 0 Å². The van der Waals surface area contributed by atoms with Crippen LogP contribution in [0, 0.1) is 25.7 Å². The fraction of sp³-hybridized carbons (Fsp3) is 0.500. The summed E-state index contributed by atoms with van der Waals surface area (Å²) in [5, 5.41) is 10.6. The van der Waals surface area contributed by atoms with Crippen LogP contribution in [0.15, 0.2) is 36.5 Å². The predicted molar refractivity (Wildman–Crippen MR) is 105 cm³/mol.